The molecule has 0 unspecified atom stereocenters. The molecular formula is C13H23Cl2N3O2. The molecule has 0 radical (unpaired) electrons. The van der Waals surface area contributed by atoms with E-state index in [-0.39, 0.29) is 35.4 Å². The third-order valence-electron chi connectivity index (χ3n) is 2.98. The molecule has 0 aliphatic heterocycles. The van der Waals surface area contributed by atoms with Gasteiger partial charge in [0.15, 0.2) is 0 Å². The van der Waals surface area contributed by atoms with Crippen LogP contribution in [0.5, 0.6) is 0 Å². The largest absolute Gasteiger partial charge is 0.311 e. The van der Waals surface area contributed by atoms with Gasteiger partial charge in [-0.15, -0.1) is 24.8 Å². The van der Waals surface area contributed by atoms with Crippen molar-refractivity contribution >= 4 is 30.5 Å². The first-order valence-electron chi connectivity index (χ1n) is 6.33. The summed E-state index contributed by atoms with van der Waals surface area (Å²) in [5.74, 6) is 0. The average Bonchev–Trinajstić information content (AvgIpc) is 2.39. The Morgan fingerprint density at radius 2 is 1.70 bits per heavy atom. The fourth-order valence-electron chi connectivity index (χ4n) is 1.75. The maximum absolute atomic E-state index is 10.5. The number of hydrogen-bond donors (Lipinski definition) is 1. The molecule has 116 valence electrons. The molecule has 0 amide bonds. The van der Waals surface area contributed by atoms with Gasteiger partial charge < -0.3 is 10.2 Å². The lowest BCUT2D eigenvalue weighted by molar-refractivity contribution is -0.384. The maximum Gasteiger partial charge on any atom is 0.269 e. The summed E-state index contributed by atoms with van der Waals surface area (Å²) < 4.78 is 0. The van der Waals surface area contributed by atoms with E-state index >= 15 is 0 Å². The zero-order chi connectivity index (χ0) is 13.4. The Morgan fingerprint density at radius 3 is 2.15 bits per heavy atom. The molecular weight excluding hydrogens is 301 g/mol. The SMILES string of the molecule is CCN(CC)CCNCc1ccc([N+](=O)[O-])cc1.Cl.Cl. The summed E-state index contributed by atoms with van der Waals surface area (Å²) in [6, 6.07) is 6.67. The molecule has 0 atom stereocenters. The van der Waals surface area contributed by atoms with E-state index in [1.54, 1.807) is 24.3 Å². The van der Waals surface area contributed by atoms with Crippen molar-refractivity contribution in [3.05, 3.63) is 39.9 Å². The minimum absolute atomic E-state index is 0. The number of likely N-dealkylation sites (N-methyl/N-ethyl adjacent to an activating group) is 1. The van der Waals surface area contributed by atoms with E-state index in [2.05, 4.69) is 24.1 Å². The Morgan fingerprint density at radius 1 is 1.15 bits per heavy atom. The first-order valence-corrected chi connectivity index (χ1v) is 6.33. The maximum atomic E-state index is 10.5. The number of nitro groups is 1. The van der Waals surface area contributed by atoms with Crippen LogP contribution in [0.2, 0.25) is 0 Å². The van der Waals surface area contributed by atoms with Gasteiger partial charge in [-0.05, 0) is 18.7 Å². The highest BCUT2D eigenvalue weighted by atomic mass is 35.5. The van der Waals surface area contributed by atoms with E-state index in [0.29, 0.717) is 0 Å². The van der Waals surface area contributed by atoms with Crippen molar-refractivity contribution in [1.29, 1.82) is 0 Å². The molecule has 0 aliphatic rings. The highest BCUT2D eigenvalue weighted by Gasteiger charge is 2.03. The number of halogens is 2. The Balaban J connectivity index is 0. The molecule has 0 aliphatic carbocycles. The Labute approximate surface area is 132 Å². The number of hydrogen-bond acceptors (Lipinski definition) is 4. The fourth-order valence-corrected chi connectivity index (χ4v) is 1.75. The van der Waals surface area contributed by atoms with Gasteiger partial charge in [0, 0.05) is 31.8 Å². The number of nitro benzene ring substituents is 1. The molecule has 0 aromatic heterocycles. The summed E-state index contributed by atoms with van der Waals surface area (Å²) in [7, 11) is 0. The molecule has 0 saturated carbocycles. The van der Waals surface area contributed by atoms with Gasteiger partial charge in [-0.25, -0.2) is 0 Å². The molecule has 5 nitrogen and oxygen atoms in total. The first kappa shape index (κ1) is 21.4. The van der Waals surface area contributed by atoms with E-state index < -0.39 is 0 Å². The second kappa shape index (κ2) is 11.9. The van der Waals surface area contributed by atoms with Crippen LogP contribution in [0.15, 0.2) is 24.3 Å². The number of rotatable bonds is 8. The van der Waals surface area contributed by atoms with Crippen molar-refractivity contribution in [2.75, 3.05) is 26.2 Å². The van der Waals surface area contributed by atoms with Crippen molar-refractivity contribution in [3.63, 3.8) is 0 Å². The van der Waals surface area contributed by atoms with Crippen molar-refractivity contribution in [1.82, 2.24) is 10.2 Å². The molecule has 1 rings (SSSR count). The topological polar surface area (TPSA) is 58.4 Å². The van der Waals surface area contributed by atoms with E-state index in [1.807, 2.05) is 0 Å². The Bertz CT molecular complexity index is 370. The van der Waals surface area contributed by atoms with Crippen LogP contribution >= 0.6 is 24.8 Å². The van der Waals surface area contributed by atoms with Gasteiger partial charge in [0.05, 0.1) is 4.92 Å². The molecule has 0 fully saturated rings. The zero-order valence-corrected chi connectivity index (χ0v) is 13.5. The van der Waals surface area contributed by atoms with Crippen LogP contribution in [0.25, 0.3) is 0 Å². The van der Waals surface area contributed by atoms with Gasteiger partial charge in [-0.3, -0.25) is 10.1 Å². The van der Waals surface area contributed by atoms with Crippen molar-refractivity contribution in [2.24, 2.45) is 0 Å². The highest BCUT2D eigenvalue weighted by molar-refractivity contribution is 5.85. The highest BCUT2D eigenvalue weighted by Crippen LogP contribution is 2.11. The molecule has 0 saturated heterocycles. The quantitative estimate of drug-likeness (QED) is 0.454. The lowest BCUT2D eigenvalue weighted by Crippen LogP contribution is -2.31. The summed E-state index contributed by atoms with van der Waals surface area (Å²) in [5, 5.41) is 13.8. The molecule has 20 heavy (non-hydrogen) atoms. The van der Waals surface area contributed by atoms with Crippen LogP contribution in [-0.4, -0.2) is 36.0 Å². The minimum atomic E-state index is -0.377. The predicted octanol–water partition coefficient (Wildman–Crippen LogP) is 2.87. The summed E-state index contributed by atoms with van der Waals surface area (Å²) in [4.78, 5) is 12.5. The van der Waals surface area contributed by atoms with Gasteiger partial charge in [0.2, 0.25) is 0 Å². The second-order valence-electron chi connectivity index (χ2n) is 4.13. The monoisotopic (exact) mass is 323 g/mol. The Hall–Kier alpha value is -0.880. The standard InChI is InChI=1S/C13H21N3O2.2ClH/c1-3-15(4-2)10-9-14-11-12-5-7-13(8-6-12)16(17)18;;/h5-8,14H,3-4,9-11H2,1-2H3;2*1H. The average molecular weight is 324 g/mol. The summed E-state index contributed by atoms with van der Waals surface area (Å²) in [5.41, 5.74) is 1.21. The van der Waals surface area contributed by atoms with Crippen molar-refractivity contribution in [2.45, 2.75) is 20.4 Å². The summed E-state index contributed by atoms with van der Waals surface area (Å²) in [6.45, 7) is 9.14. The van der Waals surface area contributed by atoms with E-state index in [0.717, 1.165) is 38.3 Å². The molecule has 1 aromatic carbocycles. The molecule has 0 heterocycles. The minimum Gasteiger partial charge on any atom is -0.311 e. The van der Waals surface area contributed by atoms with Crippen LogP contribution in [0.1, 0.15) is 19.4 Å². The normalized spacial score (nSPS) is 9.75. The van der Waals surface area contributed by atoms with Gasteiger partial charge >= 0.3 is 0 Å². The number of nitrogens with zero attached hydrogens (tertiary/aromatic N) is 2. The van der Waals surface area contributed by atoms with Crippen molar-refractivity contribution in [3.8, 4) is 0 Å². The number of non-ortho nitro benzene ring substituents is 1. The molecule has 1 N–H and O–H groups in total. The van der Waals surface area contributed by atoms with Gasteiger partial charge in [0.1, 0.15) is 0 Å². The van der Waals surface area contributed by atoms with E-state index in [9.17, 15) is 10.1 Å². The molecule has 7 heteroatoms. The third-order valence-corrected chi connectivity index (χ3v) is 2.98. The fraction of sp³-hybridized carbons (Fsp3) is 0.538. The number of nitrogens with one attached hydrogen (secondary N) is 1. The van der Waals surface area contributed by atoms with Crippen LogP contribution in [0.4, 0.5) is 5.69 Å². The zero-order valence-electron chi connectivity index (χ0n) is 11.9. The summed E-state index contributed by atoms with van der Waals surface area (Å²) in [6.07, 6.45) is 0. The van der Waals surface area contributed by atoms with E-state index in [1.165, 1.54) is 0 Å². The lowest BCUT2D eigenvalue weighted by atomic mass is 10.2. The molecule has 0 bridgehead atoms. The van der Waals surface area contributed by atoms with Gasteiger partial charge in [-0.2, -0.15) is 0 Å². The van der Waals surface area contributed by atoms with Crippen LogP contribution in [0.3, 0.4) is 0 Å². The third kappa shape index (κ3) is 7.65. The lowest BCUT2D eigenvalue weighted by Gasteiger charge is -2.17. The van der Waals surface area contributed by atoms with Crippen LogP contribution in [0, 0.1) is 10.1 Å². The molecule has 0 spiro atoms. The molecule has 1 aromatic rings. The smallest absolute Gasteiger partial charge is 0.269 e. The van der Waals surface area contributed by atoms with Crippen LogP contribution < -0.4 is 5.32 Å². The summed E-state index contributed by atoms with van der Waals surface area (Å²) >= 11 is 0. The van der Waals surface area contributed by atoms with Gasteiger partial charge in [-0.1, -0.05) is 26.0 Å². The first-order chi connectivity index (χ1) is 8.67. The van der Waals surface area contributed by atoms with Crippen molar-refractivity contribution < 1.29 is 4.92 Å². The van der Waals surface area contributed by atoms with Crippen LogP contribution in [-0.2, 0) is 6.54 Å². The van der Waals surface area contributed by atoms with Gasteiger partial charge in [0.25, 0.3) is 5.69 Å². The number of benzene rings is 1. The second-order valence-corrected chi connectivity index (χ2v) is 4.13. The van der Waals surface area contributed by atoms with E-state index in [4.69, 9.17) is 0 Å². The Kier molecular flexibility index (Phi) is 12.8. The predicted molar refractivity (Wildman–Crippen MR) is 87.1 cm³/mol.